The van der Waals surface area contributed by atoms with E-state index in [1.165, 1.54) is 6.42 Å². The van der Waals surface area contributed by atoms with E-state index in [0.717, 1.165) is 57.5 Å². The summed E-state index contributed by atoms with van der Waals surface area (Å²) in [5, 5.41) is 12.0. The number of aliphatic carboxylic acids is 1. The fourth-order valence-corrected chi connectivity index (χ4v) is 3.50. The number of piperidine rings is 1. The van der Waals surface area contributed by atoms with Crippen LogP contribution in [0.1, 0.15) is 51.9 Å². The Morgan fingerprint density at radius 3 is 2.19 bits per heavy atom. The molecule has 0 aromatic rings. The molecule has 1 heterocycles. The number of hydrogen-bond acceptors (Lipinski definition) is 2. The van der Waals surface area contributed by atoms with Crippen molar-refractivity contribution in [3.05, 3.63) is 0 Å². The van der Waals surface area contributed by atoms with Crippen molar-refractivity contribution in [1.29, 1.82) is 0 Å². The first-order valence-corrected chi connectivity index (χ1v) is 8.35. The molecule has 0 unspecified atom stereocenters. The normalized spacial score (nSPS) is 27.4. The number of carbonyl (C=O) groups excluding carboxylic acids is 1. The minimum atomic E-state index is -0.670. The number of amides is 2. The van der Waals surface area contributed by atoms with Gasteiger partial charge in [0, 0.05) is 19.6 Å². The van der Waals surface area contributed by atoms with Crippen LogP contribution in [0.2, 0.25) is 0 Å². The fraction of sp³-hybridized carbons (Fsp3) is 0.875. The zero-order valence-electron chi connectivity index (χ0n) is 13.0. The van der Waals surface area contributed by atoms with Gasteiger partial charge in [0.2, 0.25) is 0 Å². The van der Waals surface area contributed by atoms with Gasteiger partial charge in [0.25, 0.3) is 0 Å². The molecule has 2 fully saturated rings. The monoisotopic (exact) mass is 296 g/mol. The molecule has 120 valence electrons. The van der Waals surface area contributed by atoms with Crippen molar-refractivity contribution in [2.75, 3.05) is 19.6 Å². The van der Waals surface area contributed by atoms with Gasteiger partial charge >= 0.3 is 12.0 Å². The number of hydrogen-bond donors (Lipinski definition) is 2. The summed E-state index contributed by atoms with van der Waals surface area (Å²) in [6, 6.07) is 0.0601. The second-order valence-electron chi connectivity index (χ2n) is 6.58. The molecule has 2 amide bonds. The summed E-state index contributed by atoms with van der Waals surface area (Å²) in [4.78, 5) is 25.0. The zero-order valence-corrected chi connectivity index (χ0v) is 13.0. The number of likely N-dealkylation sites (tertiary alicyclic amines) is 1. The lowest BCUT2D eigenvalue weighted by Gasteiger charge is -2.32. The minimum Gasteiger partial charge on any atom is -0.481 e. The van der Waals surface area contributed by atoms with Gasteiger partial charge in [-0.3, -0.25) is 4.79 Å². The lowest BCUT2D eigenvalue weighted by Crippen LogP contribution is -2.46. The smallest absolute Gasteiger partial charge is 0.317 e. The summed E-state index contributed by atoms with van der Waals surface area (Å²) in [5.74, 6) is 0.374. The number of nitrogens with one attached hydrogen (secondary N) is 1. The molecule has 0 spiro atoms. The van der Waals surface area contributed by atoms with E-state index in [-0.39, 0.29) is 11.9 Å². The molecule has 0 radical (unpaired) electrons. The Bertz CT molecular complexity index is 357. The summed E-state index contributed by atoms with van der Waals surface area (Å²) in [7, 11) is 0. The van der Waals surface area contributed by atoms with Gasteiger partial charge in [-0.25, -0.2) is 4.79 Å². The number of rotatable bonds is 4. The molecule has 1 aliphatic heterocycles. The van der Waals surface area contributed by atoms with E-state index in [1.54, 1.807) is 0 Å². The first kappa shape index (κ1) is 16.1. The molecule has 1 aliphatic carbocycles. The van der Waals surface area contributed by atoms with E-state index in [0.29, 0.717) is 12.5 Å². The number of nitrogens with zero attached hydrogens (tertiary/aromatic N) is 1. The highest BCUT2D eigenvalue weighted by molar-refractivity contribution is 5.74. The van der Waals surface area contributed by atoms with Crippen LogP contribution in [0.3, 0.4) is 0 Å². The molecule has 2 aliphatic rings. The molecular formula is C16H28N2O3. The van der Waals surface area contributed by atoms with Crippen molar-refractivity contribution >= 4 is 12.0 Å². The van der Waals surface area contributed by atoms with Crippen LogP contribution in [0.5, 0.6) is 0 Å². The largest absolute Gasteiger partial charge is 0.481 e. The van der Waals surface area contributed by atoms with Crippen molar-refractivity contribution < 1.29 is 14.7 Å². The van der Waals surface area contributed by atoms with Gasteiger partial charge < -0.3 is 15.3 Å². The Balaban J connectivity index is 1.65. The minimum absolute atomic E-state index is 0.0601. The zero-order chi connectivity index (χ0) is 15.2. The van der Waals surface area contributed by atoms with E-state index in [2.05, 4.69) is 12.2 Å². The van der Waals surface area contributed by atoms with Crippen molar-refractivity contribution in [3.63, 3.8) is 0 Å². The average molecular weight is 296 g/mol. The summed E-state index contributed by atoms with van der Waals surface area (Å²) < 4.78 is 0. The molecule has 2 rings (SSSR count). The lowest BCUT2D eigenvalue weighted by molar-refractivity contribution is -0.143. The number of carboxylic acids is 1. The van der Waals surface area contributed by atoms with E-state index in [4.69, 9.17) is 5.11 Å². The van der Waals surface area contributed by atoms with Crippen molar-refractivity contribution in [3.8, 4) is 0 Å². The van der Waals surface area contributed by atoms with Crippen LogP contribution in [0.15, 0.2) is 0 Å². The van der Waals surface area contributed by atoms with Crippen LogP contribution < -0.4 is 5.32 Å². The molecule has 0 atom stereocenters. The summed E-state index contributed by atoms with van der Waals surface area (Å²) in [5.41, 5.74) is 0. The maximum absolute atomic E-state index is 12.1. The van der Waals surface area contributed by atoms with Crippen molar-refractivity contribution in [2.45, 2.75) is 51.9 Å². The Kier molecular flexibility index (Phi) is 5.88. The molecule has 0 aromatic carbocycles. The van der Waals surface area contributed by atoms with Crippen LogP contribution in [0.25, 0.3) is 0 Å². The lowest BCUT2D eigenvalue weighted by atomic mass is 9.82. The average Bonchev–Trinajstić information content (AvgIpc) is 2.53. The fourth-order valence-electron chi connectivity index (χ4n) is 3.50. The third-order valence-corrected chi connectivity index (χ3v) is 5.22. The van der Waals surface area contributed by atoms with E-state index in [1.807, 2.05) is 4.90 Å². The van der Waals surface area contributed by atoms with Gasteiger partial charge in [-0.1, -0.05) is 13.3 Å². The van der Waals surface area contributed by atoms with Crippen LogP contribution in [-0.4, -0.2) is 41.6 Å². The maximum Gasteiger partial charge on any atom is 0.317 e. The van der Waals surface area contributed by atoms with Crippen molar-refractivity contribution in [2.24, 2.45) is 17.8 Å². The third kappa shape index (κ3) is 4.61. The number of carboxylic acid groups (broad SMARTS) is 1. The number of carbonyl (C=O) groups is 2. The van der Waals surface area contributed by atoms with E-state index >= 15 is 0 Å². The highest BCUT2D eigenvalue weighted by atomic mass is 16.4. The van der Waals surface area contributed by atoms with Crippen LogP contribution in [0.4, 0.5) is 4.79 Å². The first-order chi connectivity index (χ1) is 10.1. The van der Waals surface area contributed by atoms with Crippen LogP contribution in [-0.2, 0) is 4.79 Å². The second kappa shape index (κ2) is 7.66. The maximum atomic E-state index is 12.1. The van der Waals surface area contributed by atoms with Crippen LogP contribution in [0, 0.1) is 17.8 Å². The van der Waals surface area contributed by atoms with Gasteiger partial charge in [-0.2, -0.15) is 0 Å². The Morgan fingerprint density at radius 2 is 1.67 bits per heavy atom. The van der Waals surface area contributed by atoms with E-state index in [9.17, 15) is 9.59 Å². The first-order valence-electron chi connectivity index (χ1n) is 8.35. The molecule has 0 aromatic heterocycles. The molecule has 1 saturated carbocycles. The Hall–Kier alpha value is -1.26. The van der Waals surface area contributed by atoms with Gasteiger partial charge in [-0.15, -0.1) is 0 Å². The second-order valence-corrected chi connectivity index (χ2v) is 6.58. The molecule has 0 bridgehead atoms. The summed E-state index contributed by atoms with van der Waals surface area (Å²) in [6.07, 6.45) is 6.77. The van der Waals surface area contributed by atoms with Crippen molar-refractivity contribution in [1.82, 2.24) is 10.2 Å². The Labute approximate surface area is 127 Å². The highest BCUT2D eigenvalue weighted by Crippen LogP contribution is 2.28. The van der Waals surface area contributed by atoms with Gasteiger partial charge in [0.05, 0.1) is 5.92 Å². The predicted octanol–water partition coefficient (Wildman–Crippen LogP) is 2.71. The predicted molar refractivity (Wildman–Crippen MR) is 81.1 cm³/mol. The number of urea groups is 1. The summed E-state index contributed by atoms with van der Waals surface area (Å²) in [6.45, 7) is 4.65. The molecule has 5 heteroatoms. The third-order valence-electron chi connectivity index (χ3n) is 5.22. The molecule has 5 nitrogen and oxygen atoms in total. The van der Waals surface area contributed by atoms with Gasteiger partial charge in [0.15, 0.2) is 0 Å². The molecular weight excluding hydrogens is 268 g/mol. The molecule has 1 saturated heterocycles. The summed E-state index contributed by atoms with van der Waals surface area (Å²) >= 11 is 0. The molecule has 2 N–H and O–H groups in total. The quantitative estimate of drug-likeness (QED) is 0.838. The van der Waals surface area contributed by atoms with Crippen LogP contribution >= 0.6 is 0 Å². The SMILES string of the molecule is CCC1CCN(C(=O)NCC2CCC(C(=O)O)CC2)CC1. The molecule has 21 heavy (non-hydrogen) atoms. The van der Waals surface area contributed by atoms with Gasteiger partial charge in [-0.05, 0) is 50.4 Å². The Morgan fingerprint density at radius 1 is 1.05 bits per heavy atom. The van der Waals surface area contributed by atoms with Gasteiger partial charge in [0.1, 0.15) is 0 Å². The standard InChI is InChI=1S/C16H28N2O3/c1-2-12-7-9-18(10-8-12)16(21)17-11-13-3-5-14(6-4-13)15(19)20/h12-14H,2-11H2,1H3,(H,17,21)(H,19,20). The van der Waals surface area contributed by atoms with E-state index < -0.39 is 5.97 Å². The topological polar surface area (TPSA) is 69.6 Å². The highest BCUT2D eigenvalue weighted by Gasteiger charge is 2.27.